The second-order valence-corrected chi connectivity index (χ2v) is 8.82. The molecule has 0 aromatic heterocycles. The van der Waals surface area contributed by atoms with Gasteiger partial charge in [0.25, 0.3) is 0 Å². The van der Waals surface area contributed by atoms with Gasteiger partial charge >= 0.3 is 8.60 Å². The molecule has 0 aliphatic carbocycles. The lowest BCUT2D eigenvalue weighted by atomic mass is 9.77. The van der Waals surface area contributed by atoms with E-state index in [1.807, 2.05) is 12.1 Å². The van der Waals surface area contributed by atoms with Crippen molar-refractivity contribution in [1.82, 2.24) is 0 Å². The molecule has 2 aromatic rings. The molecule has 2 N–H and O–H groups in total. The Bertz CT molecular complexity index is 692. The van der Waals surface area contributed by atoms with E-state index < -0.39 is 8.60 Å². The number of benzene rings is 2. The Hall–Kier alpha value is -1.41. The maximum atomic E-state index is 8.95. The summed E-state index contributed by atoms with van der Waals surface area (Å²) in [4.78, 5) is 17.9. The maximum Gasteiger partial charge on any atom is 0.391 e. The average Bonchev–Trinajstić information content (AvgIpc) is 2.45. The topological polar surface area (TPSA) is 49.7 Å². The number of rotatable bonds is 3. The molecule has 2 aromatic carbocycles. The first-order chi connectivity index (χ1) is 11.0. The average molecular weight is 346 g/mol. The van der Waals surface area contributed by atoms with Gasteiger partial charge in [-0.05, 0) is 45.2 Å². The van der Waals surface area contributed by atoms with Crippen LogP contribution in [-0.2, 0) is 10.8 Å². The summed E-state index contributed by atoms with van der Waals surface area (Å²) >= 11 is 0. The fourth-order valence-corrected chi connectivity index (χ4v) is 2.98. The van der Waals surface area contributed by atoms with Crippen molar-refractivity contribution >= 4 is 8.60 Å². The highest BCUT2D eigenvalue weighted by Crippen LogP contribution is 2.37. The standard InChI is InChI=1S/C20H27O3P/c1-19(2,3)15-9-12-17(18(13-15)20(4,5)6)14-7-10-16(11-8-14)23-24(21)22/h7-13,21-22H,1-6H3. The molecular weight excluding hydrogens is 319 g/mol. The Morgan fingerprint density at radius 1 is 0.792 bits per heavy atom. The molecule has 0 bridgehead atoms. The fraction of sp³-hybridized carbons (Fsp3) is 0.400. The van der Waals surface area contributed by atoms with E-state index in [0.717, 1.165) is 5.56 Å². The summed E-state index contributed by atoms with van der Waals surface area (Å²) in [5.41, 5.74) is 5.04. The van der Waals surface area contributed by atoms with E-state index in [1.165, 1.54) is 16.7 Å². The van der Waals surface area contributed by atoms with Crippen LogP contribution in [-0.4, -0.2) is 9.79 Å². The van der Waals surface area contributed by atoms with Crippen molar-refractivity contribution in [2.75, 3.05) is 0 Å². The van der Waals surface area contributed by atoms with E-state index in [0.29, 0.717) is 5.75 Å². The molecule has 0 atom stereocenters. The molecule has 0 aliphatic heterocycles. The van der Waals surface area contributed by atoms with Crippen LogP contribution in [0.25, 0.3) is 11.1 Å². The van der Waals surface area contributed by atoms with Crippen molar-refractivity contribution in [2.45, 2.75) is 52.4 Å². The lowest BCUT2D eigenvalue weighted by Crippen LogP contribution is -2.17. The Kier molecular flexibility index (Phi) is 5.39. The Balaban J connectivity index is 2.49. The molecule has 2 rings (SSSR count). The molecule has 0 unspecified atom stereocenters. The molecular formula is C20H27O3P. The van der Waals surface area contributed by atoms with E-state index in [1.54, 1.807) is 12.1 Å². The SMILES string of the molecule is CC(C)(C)c1ccc(-c2ccc(OP(O)O)cc2)c(C(C)(C)C)c1. The quantitative estimate of drug-likeness (QED) is 0.718. The highest BCUT2D eigenvalue weighted by atomic mass is 31.2. The maximum absolute atomic E-state index is 8.95. The lowest BCUT2D eigenvalue weighted by molar-refractivity contribution is 0.375. The molecule has 0 radical (unpaired) electrons. The third-order valence-electron chi connectivity index (χ3n) is 4.05. The van der Waals surface area contributed by atoms with Gasteiger partial charge in [-0.3, -0.25) is 0 Å². The second kappa shape index (κ2) is 6.84. The molecule has 3 nitrogen and oxygen atoms in total. The van der Waals surface area contributed by atoms with Crippen LogP contribution in [0.1, 0.15) is 52.7 Å². The van der Waals surface area contributed by atoms with Crippen LogP contribution < -0.4 is 4.52 Å². The van der Waals surface area contributed by atoms with Crippen LogP contribution in [0.3, 0.4) is 0 Å². The van der Waals surface area contributed by atoms with E-state index in [-0.39, 0.29) is 10.8 Å². The molecule has 0 aliphatic rings. The van der Waals surface area contributed by atoms with Crippen molar-refractivity contribution in [2.24, 2.45) is 0 Å². The molecule has 0 saturated heterocycles. The highest BCUT2D eigenvalue weighted by Gasteiger charge is 2.22. The predicted octanol–water partition coefficient (Wildman–Crippen LogP) is 5.54. The van der Waals surface area contributed by atoms with E-state index in [4.69, 9.17) is 14.3 Å². The van der Waals surface area contributed by atoms with Crippen LogP contribution >= 0.6 is 8.60 Å². The first kappa shape index (κ1) is 18.9. The second-order valence-electron chi connectivity index (χ2n) is 8.13. The molecule has 0 heterocycles. The summed E-state index contributed by atoms with van der Waals surface area (Å²) in [6, 6.07) is 14.1. The van der Waals surface area contributed by atoms with Gasteiger partial charge < -0.3 is 14.3 Å². The predicted molar refractivity (Wildman–Crippen MR) is 101 cm³/mol. The molecule has 0 saturated carbocycles. The summed E-state index contributed by atoms with van der Waals surface area (Å²) in [5.74, 6) is 0.457. The Morgan fingerprint density at radius 3 is 1.83 bits per heavy atom. The molecule has 0 fully saturated rings. The van der Waals surface area contributed by atoms with Crippen molar-refractivity contribution in [1.29, 1.82) is 0 Å². The minimum Gasteiger partial charge on any atom is -0.427 e. The largest absolute Gasteiger partial charge is 0.427 e. The van der Waals surface area contributed by atoms with Gasteiger partial charge in [-0.1, -0.05) is 71.9 Å². The van der Waals surface area contributed by atoms with Crippen LogP contribution in [0.5, 0.6) is 5.75 Å². The van der Waals surface area contributed by atoms with Gasteiger partial charge in [-0.15, -0.1) is 0 Å². The van der Waals surface area contributed by atoms with Crippen molar-refractivity contribution in [3.05, 3.63) is 53.6 Å². The normalized spacial score (nSPS) is 12.5. The van der Waals surface area contributed by atoms with Gasteiger partial charge in [0.05, 0.1) is 0 Å². The number of hydrogen-bond acceptors (Lipinski definition) is 3. The molecule has 4 heteroatoms. The summed E-state index contributed by atoms with van der Waals surface area (Å²) in [5, 5.41) is 0. The van der Waals surface area contributed by atoms with E-state index in [9.17, 15) is 0 Å². The fourth-order valence-electron chi connectivity index (χ4n) is 2.67. The first-order valence-corrected chi connectivity index (χ1v) is 9.26. The summed E-state index contributed by atoms with van der Waals surface area (Å²) < 4.78 is 4.94. The lowest BCUT2D eigenvalue weighted by Gasteiger charge is -2.27. The Morgan fingerprint density at radius 2 is 1.38 bits per heavy atom. The van der Waals surface area contributed by atoms with Gasteiger partial charge in [0.1, 0.15) is 5.75 Å². The molecule has 24 heavy (non-hydrogen) atoms. The molecule has 130 valence electrons. The minimum absolute atomic E-state index is 0.0241. The highest BCUT2D eigenvalue weighted by molar-refractivity contribution is 7.39. The van der Waals surface area contributed by atoms with E-state index >= 15 is 0 Å². The van der Waals surface area contributed by atoms with Crippen molar-refractivity contribution < 1.29 is 14.3 Å². The van der Waals surface area contributed by atoms with Gasteiger partial charge in [0.15, 0.2) is 0 Å². The third-order valence-corrected chi connectivity index (χ3v) is 4.42. The van der Waals surface area contributed by atoms with Crippen molar-refractivity contribution in [3.63, 3.8) is 0 Å². The Labute approximate surface area is 146 Å². The van der Waals surface area contributed by atoms with Gasteiger partial charge in [0, 0.05) is 0 Å². The minimum atomic E-state index is -2.38. The monoisotopic (exact) mass is 346 g/mol. The van der Waals surface area contributed by atoms with Crippen LogP contribution in [0.15, 0.2) is 42.5 Å². The smallest absolute Gasteiger partial charge is 0.391 e. The van der Waals surface area contributed by atoms with Crippen molar-refractivity contribution in [3.8, 4) is 16.9 Å². The zero-order chi connectivity index (χ0) is 18.1. The zero-order valence-corrected chi connectivity index (χ0v) is 16.2. The molecule has 0 spiro atoms. The zero-order valence-electron chi connectivity index (χ0n) is 15.3. The summed E-state index contributed by atoms with van der Waals surface area (Å²) in [7, 11) is -2.38. The molecule has 0 amide bonds. The number of hydrogen-bond donors (Lipinski definition) is 2. The van der Waals surface area contributed by atoms with Gasteiger partial charge in [0.2, 0.25) is 0 Å². The van der Waals surface area contributed by atoms with Crippen LogP contribution in [0, 0.1) is 0 Å². The third kappa shape index (κ3) is 4.57. The van der Waals surface area contributed by atoms with Crippen LogP contribution in [0.4, 0.5) is 0 Å². The van der Waals surface area contributed by atoms with Crippen LogP contribution in [0.2, 0.25) is 0 Å². The summed E-state index contributed by atoms with van der Waals surface area (Å²) in [6.07, 6.45) is 0. The van der Waals surface area contributed by atoms with Gasteiger partial charge in [-0.25, -0.2) is 0 Å². The summed E-state index contributed by atoms with van der Waals surface area (Å²) in [6.45, 7) is 13.3. The first-order valence-electron chi connectivity index (χ1n) is 8.10. The van der Waals surface area contributed by atoms with Gasteiger partial charge in [-0.2, -0.15) is 0 Å². The van der Waals surface area contributed by atoms with E-state index in [2.05, 4.69) is 59.7 Å².